The number of nitrogens with zero attached hydrogens (tertiary/aromatic N) is 3. The lowest BCUT2D eigenvalue weighted by Crippen LogP contribution is -2.35. The Labute approximate surface area is 125 Å². The third-order valence-corrected chi connectivity index (χ3v) is 4.04. The molecule has 1 saturated heterocycles. The molecule has 112 valence electrons. The Balaban J connectivity index is 2.10. The molecule has 1 aromatic carbocycles. The fraction of sp³-hybridized carbons (Fsp3) is 0.500. The summed E-state index contributed by atoms with van der Waals surface area (Å²) < 4.78 is 0. The Morgan fingerprint density at radius 2 is 2.14 bits per heavy atom. The van der Waals surface area contributed by atoms with Crippen LogP contribution in [0.25, 0.3) is 0 Å². The topological polar surface area (TPSA) is 67.6 Å². The maximum Gasteiger partial charge on any atom is 0.226 e. The fourth-order valence-corrected chi connectivity index (χ4v) is 2.89. The van der Waals surface area contributed by atoms with Gasteiger partial charge in [0.1, 0.15) is 0 Å². The number of benzene rings is 1. The fourth-order valence-electron chi connectivity index (χ4n) is 2.89. The number of carbonyl (C=O) groups is 1. The maximum absolute atomic E-state index is 12.2. The van der Waals surface area contributed by atoms with Crippen molar-refractivity contribution < 1.29 is 9.90 Å². The average Bonchev–Trinajstić information content (AvgIpc) is 2.89. The van der Waals surface area contributed by atoms with Crippen LogP contribution in [0, 0.1) is 23.2 Å². The molecule has 21 heavy (non-hydrogen) atoms. The van der Waals surface area contributed by atoms with Crippen LogP contribution in [0.3, 0.4) is 0 Å². The number of likely N-dealkylation sites (tertiary alicyclic amines) is 1. The second-order valence-corrected chi connectivity index (χ2v) is 5.74. The lowest BCUT2D eigenvalue weighted by molar-refractivity contribution is -0.134. The monoisotopic (exact) mass is 287 g/mol. The number of carbonyl (C=O) groups excluding carboxylic acids is 1. The number of rotatable bonds is 4. The van der Waals surface area contributed by atoms with Gasteiger partial charge in [-0.1, -0.05) is 18.2 Å². The third-order valence-electron chi connectivity index (χ3n) is 4.04. The van der Waals surface area contributed by atoms with Crippen LogP contribution in [-0.2, 0) is 11.3 Å². The molecule has 2 rings (SSSR count). The summed E-state index contributed by atoms with van der Waals surface area (Å²) in [7, 11) is 3.48. The first-order chi connectivity index (χ1) is 10.1. The van der Waals surface area contributed by atoms with Gasteiger partial charge >= 0.3 is 0 Å². The highest BCUT2D eigenvalue weighted by molar-refractivity contribution is 5.79. The molecule has 5 nitrogen and oxygen atoms in total. The second-order valence-electron chi connectivity index (χ2n) is 5.74. The first kappa shape index (κ1) is 15.5. The quantitative estimate of drug-likeness (QED) is 0.884. The van der Waals surface area contributed by atoms with E-state index in [1.165, 1.54) is 0 Å². The van der Waals surface area contributed by atoms with E-state index in [1.807, 2.05) is 18.2 Å². The summed E-state index contributed by atoms with van der Waals surface area (Å²) >= 11 is 0. The van der Waals surface area contributed by atoms with Crippen LogP contribution >= 0.6 is 0 Å². The first-order valence-corrected chi connectivity index (χ1v) is 7.09. The van der Waals surface area contributed by atoms with E-state index in [1.54, 1.807) is 25.1 Å². The number of amides is 1. The third kappa shape index (κ3) is 3.41. The summed E-state index contributed by atoms with van der Waals surface area (Å²) in [5.74, 6) is -0.140. The van der Waals surface area contributed by atoms with Crippen LogP contribution in [0.15, 0.2) is 24.3 Å². The van der Waals surface area contributed by atoms with E-state index in [0.717, 1.165) is 5.56 Å². The van der Waals surface area contributed by atoms with E-state index in [4.69, 9.17) is 5.26 Å². The molecule has 0 aromatic heterocycles. The van der Waals surface area contributed by atoms with Crippen LogP contribution in [0.4, 0.5) is 0 Å². The number of hydrogen-bond donors (Lipinski definition) is 1. The zero-order valence-corrected chi connectivity index (χ0v) is 12.5. The molecule has 0 saturated carbocycles. The molecule has 0 aliphatic carbocycles. The van der Waals surface area contributed by atoms with E-state index in [0.29, 0.717) is 25.2 Å². The van der Waals surface area contributed by atoms with Gasteiger partial charge in [0.15, 0.2) is 0 Å². The highest BCUT2D eigenvalue weighted by atomic mass is 16.3. The number of nitriles is 1. The van der Waals surface area contributed by atoms with Crippen molar-refractivity contribution in [2.75, 3.05) is 33.8 Å². The predicted octanol–water partition coefficient (Wildman–Crippen LogP) is 0.687. The minimum absolute atomic E-state index is 0.0145. The highest BCUT2D eigenvalue weighted by Crippen LogP contribution is 2.26. The lowest BCUT2D eigenvalue weighted by atomic mass is 9.96. The van der Waals surface area contributed by atoms with Crippen molar-refractivity contribution in [3.63, 3.8) is 0 Å². The average molecular weight is 287 g/mol. The Bertz CT molecular complexity index is 551. The van der Waals surface area contributed by atoms with Gasteiger partial charge in [0.2, 0.25) is 5.91 Å². The van der Waals surface area contributed by atoms with Crippen molar-refractivity contribution in [1.82, 2.24) is 9.80 Å². The molecular formula is C16H21N3O2. The molecule has 0 spiro atoms. The second kappa shape index (κ2) is 6.70. The lowest BCUT2D eigenvalue weighted by Gasteiger charge is -2.20. The summed E-state index contributed by atoms with van der Waals surface area (Å²) in [5, 5.41) is 18.6. The van der Waals surface area contributed by atoms with Crippen molar-refractivity contribution in [3.8, 4) is 6.07 Å². The number of aliphatic hydroxyl groups excluding tert-OH is 1. The van der Waals surface area contributed by atoms with Crippen molar-refractivity contribution in [2.45, 2.75) is 6.54 Å². The van der Waals surface area contributed by atoms with E-state index < -0.39 is 0 Å². The minimum atomic E-state index is -0.167. The van der Waals surface area contributed by atoms with Crippen molar-refractivity contribution in [1.29, 1.82) is 5.26 Å². The largest absolute Gasteiger partial charge is 0.396 e. The standard InChI is InChI=1S/C16H21N3O2/c1-18(2)16(21)15-10-19(9-14(15)11-20)8-13-6-4-3-5-12(13)7-17/h3-6,14-15,20H,8-11H2,1-2H3/t14-,15+/m0/s1. The van der Waals surface area contributed by atoms with Gasteiger partial charge in [0.25, 0.3) is 0 Å². The van der Waals surface area contributed by atoms with Crippen molar-refractivity contribution in [3.05, 3.63) is 35.4 Å². The zero-order chi connectivity index (χ0) is 15.4. The summed E-state index contributed by atoms with van der Waals surface area (Å²) in [6.45, 7) is 1.96. The molecule has 5 heteroatoms. The summed E-state index contributed by atoms with van der Waals surface area (Å²) in [4.78, 5) is 15.9. The zero-order valence-electron chi connectivity index (χ0n) is 12.5. The van der Waals surface area contributed by atoms with Gasteiger partial charge in [-0.05, 0) is 11.6 Å². The molecule has 2 atom stereocenters. The van der Waals surface area contributed by atoms with E-state index in [9.17, 15) is 9.90 Å². The predicted molar refractivity (Wildman–Crippen MR) is 79.2 cm³/mol. The van der Waals surface area contributed by atoms with Gasteiger partial charge in [-0.25, -0.2) is 0 Å². The Morgan fingerprint density at radius 3 is 2.76 bits per heavy atom. The Hall–Kier alpha value is -1.90. The smallest absolute Gasteiger partial charge is 0.226 e. The van der Waals surface area contributed by atoms with E-state index >= 15 is 0 Å². The molecule has 1 aliphatic rings. The molecule has 1 heterocycles. The van der Waals surface area contributed by atoms with Crippen molar-refractivity contribution in [2.24, 2.45) is 11.8 Å². The molecule has 1 aromatic rings. The summed E-state index contributed by atoms with van der Waals surface area (Å²) in [6, 6.07) is 9.70. The van der Waals surface area contributed by atoms with E-state index in [-0.39, 0.29) is 24.3 Å². The molecular weight excluding hydrogens is 266 g/mol. The maximum atomic E-state index is 12.2. The van der Waals surface area contributed by atoms with Gasteiger partial charge in [0.05, 0.1) is 17.6 Å². The van der Waals surface area contributed by atoms with Crippen LogP contribution in [0.5, 0.6) is 0 Å². The van der Waals surface area contributed by atoms with Gasteiger partial charge in [0, 0.05) is 46.3 Å². The van der Waals surface area contributed by atoms with Crippen molar-refractivity contribution >= 4 is 5.91 Å². The summed E-state index contributed by atoms with van der Waals surface area (Å²) in [5.41, 5.74) is 1.63. The van der Waals surface area contributed by atoms with Crippen LogP contribution in [0.2, 0.25) is 0 Å². The number of aliphatic hydroxyl groups is 1. The number of hydrogen-bond acceptors (Lipinski definition) is 4. The molecule has 0 bridgehead atoms. The Morgan fingerprint density at radius 1 is 1.43 bits per heavy atom. The van der Waals surface area contributed by atoms with Crippen LogP contribution in [-0.4, -0.2) is 54.6 Å². The van der Waals surface area contributed by atoms with Gasteiger partial charge in [-0.3, -0.25) is 9.69 Å². The molecule has 0 radical (unpaired) electrons. The van der Waals surface area contributed by atoms with Crippen LogP contribution in [0.1, 0.15) is 11.1 Å². The summed E-state index contributed by atoms with van der Waals surface area (Å²) in [6.07, 6.45) is 0. The molecule has 1 amide bonds. The Kier molecular flexibility index (Phi) is 4.94. The molecule has 1 N–H and O–H groups in total. The minimum Gasteiger partial charge on any atom is -0.396 e. The normalized spacial score (nSPS) is 22.0. The first-order valence-electron chi connectivity index (χ1n) is 7.09. The van der Waals surface area contributed by atoms with Gasteiger partial charge < -0.3 is 10.0 Å². The molecule has 1 fully saturated rings. The molecule has 0 unspecified atom stereocenters. The SMILES string of the molecule is CN(C)C(=O)[C@@H]1CN(Cc2ccccc2C#N)C[C@H]1CO. The van der Waals surface area contributed by atoms with Gasteiger partial charge in [-0.2, -0.15) is 5.26 Å². The van der Waals surface area contributed by atoms with Gasteiger partial charge in [-0.15, -0.1) is 0 Å². The highest BCUT2D eigenvalue weighted by Gasteiger charge is 2.37. The van der Waals surface area contributed by atoms with E-state index in [2.05, 4.69) is 11.0 Å². The van der Waals surface area contributed by atoms with Crippen LogP contribution < -0.4 is 0 Å². The molecule has 1 aliphatic heterocycles.